The molecule has 1 aliphatic carbocycles. The van der Waals surface area contributed by atoms with Crippen molar-refractivity contribution in [2.24, 2.45) is 0 Å². The van der Waals surface area contributed by atoms with Crippen molar-refractivity contribution in [2.75, 3.05) is 0 Å². The first kappa shape index (κ1) is 15.5. The molecule has 0 amide bonds. The lowest BCUT2D eigenvalue weighted by molar-refractivity contribution is 0.393. The van der Waals surface area contributed by atoms with Crippen molar-refractivity contribution in [1.29, 1.82) is 5.26 Å². The predicted octanol–water partition coefficient (Wildman–Crippen LogP) is 4.21. The number of hydrogen-bond donors (Lipinski definition) is 1. The molecule has 0 unspecified atom stereocenters. The minimum absolute atomic E-state index is 0.226. The van der Waals surface area contributed by atoms with Crippen molar-refractivity contribution in [3.05, 3.63) is 52.5 Å². The molecule has 1 N–H and O–H groups in total. The Labute approximate surface area is 146 Å². The van der Waals surface area contributed by atoms with E-state index in [-0.39, 0.29) is 5.75 Å². The van der Waals surface area contributed by atoms with Crippen LogP contribution in [-0.2, 0) is 12.8 Å². The second-order valence-corrected chi connectivity index (χ2v) is 6.52. The molecular formula is C20H19N3O2. The van der Waals surface area contributed by atoms with Gasteiger partial charge in [0.05, 0.1) is 22.5 Å². The zero-order valence-corrected chi connectivity index (χ0v) is 14.3. The fraction of sp³-hybridized carbons (Fsp3) is 0.300. The maximum absolute atomic E-state index is 9.91. The standard InChI is InChI=1S/C20H19N3O2/c1-12-19(13(2)25-22-12)20-17(11-21)16-5-3-4-6-18(16)23(20)14-7-9-15(24)10-8-14/h7-10,24H,3-6H2,1-2H3. The molecule has 3 aromatic rings. The van der Waals surface area contributed by atoms with Gasteiger partial charge in [0.2, 0.25) is 0 Å². The molecule has 2 heterocycles. The number of fused-ring (bicyclic) bond motifs is 1. The van der Waals surface area contributed by atoms with E-state index in [9.17, 15) is 10.4 Å². The van der Waals surface area contributed by atoms with Crippen molar-refractivity contribution in [1.82, 2.24) is 9.72 Å². The Kier molecular flexibility index (Phi) is 3.61. The molecule has 25 heavy (non-hydrogen) atoms. The fourth-order valence-corrected chi connectivity index (χ4v) is 3.86. The number of aromatic nitrogens is 2. The molecule has 5 heteroatoms. The summed E-state index contributed by atoms with van der Waals surface area (Å²) >= 11 is 0. The van der Waals surface area contributed by atoms with Crippen molar-refractivity contribution in [3.8, 4) is 28.8 Å². The number of hydrogen-bond acceptors (Lipinski definition) is 4. The Morgan fingerprint density at radius 2 is 1.88 bits per heavy atom. The number of benzene rings is 1. The fourth-order valence-electron chi connectivity index (χ4n) is 3.86. The van der Waals surface area contributed by atoms with Crippen molar-refractivity contribution >= 4 is 0 Å². The second kappa shape index (κ2) is 5.82. The van der Waals surface area contributed by atoms with Gasteiger partial charge in [0.1, 0.15) is 17.6 Å². The smallest absolute Gasteiger partial charge is 0.143 e. The normalized spacial score (nSPS) is 13.5. The Morgan fingerprint density at radius 1 is 1.16 bits per heavy atom. The Hall–Kier alpha value is -3.00. The molecule has 0 radical (unpaired) electrons. The van der Waals surface area contributed by atoms with E-state index in [0.717, 1.165) is 59.4 Å². The minimum atomic E-state index is 0.226. The van der Waals surface area contributed by atoms with Crippen LogP contribution >= 0.6 is 0 Å². The second-order valence-electron chi connectivity index (χ2n) is 6.52. The first-order chi connectivity index (χ1) is 12.1. The van der Waals surface area contributed by atoms with Crippen LogP contribution in [0, 0.1) is 25.2 Å². The van der Waals surface area contributed by atoms with Gasteiger partial charge in [0.15, 0.2) is 0 Å². The lowest BCUT2D eigenvalue weighted by atomic mass is 9.94. The van der Waals surface area contributed by atoms with E-state index in [0.29, 0.717) is 5.76 Å². The highest BCUT2D eigenvalue weighted by atomic mass is 16.5. The van der Waals surface area contributed by atoms with Crippen LogP contribution in [0.5, 0.6) is 5.75 Å². The van der Waals surface area contributed by atoms with Gasteiger partial charge in [-0.25, -0.2) is 0 Å². The highest BCUT2D eigenvalue weighted by molar-refractivity contribution is 5.76. The van der Waals surface area contributed by atoms with Gasteiger partial charge in [-0.1, -0.05) is 5.16 Å². The van der Waals surface area contributed by atoms with Gasteiger partial charge in [-0.2, -0.15) is 5.26 Å². The van der Waals surface area contributed by atoms with Gasteiger partial charge in [0.25, 0.3) is 0 Å². The third-order valence-electron chi connectivity index (χ3n) is 4.96. The average molecular weight is 333 g/mol. The summed E-state index contributed by atoms with van der Waals surface area (Å²) in [7, 11) is 0. The van der Waals surface area contributed by atoms with E-state index in [4.69, 9.17) is 4.52 Å². The zero-order valence-electron chi connectivity index (χ0n) is 14.3. The summed E-state index contributed by atoms with van der Waals surface area (Å²) in [6.07, 6.45) is 4.07. The van der Waals surface area contributed by atoms with Gasteiger partial charge in [-0.3, -0.25) is 0 Å². The molecule has 2 aromatic heterocycles. The topological polar surface area (TPSA) is 75.0 Å². The first-order valence-corrected chi connectivity index (χ1v) is 8.51. The molecule has 0 atom stereocenters. The third kappa shape index (κ3) is 2.33. The van der Waals surface area contributed by atoms with Crippen LogP contribution in [0.4, 0.5) is 0 Å². The highest BCUT2D eigenvalue weighted by Gasteiger charge is 2.29. The number of aromatic hydroxyl groups is 1. The van der Waals surface area contributed by atoms with E-state index in [1.54, 1.807) is 12.1 Å². The summed E-state index contributed by atoms with van der Waals surface area (Å²) in [4.78, 5) is 0. The average Bonchev–Trinajstić information content (AvgIpc) is 3.12. The number of phenols is 1. The summed E-state index contributed by atoms with van der Waals surface area (Å²) in [5, 5.41) is 23.6. The molecule has 5 nitrogen and oxygen atoms in total. The predicted molar refractivity (Wildman–Crippen MR) is 93.8 cm³/mol. The van der Waals surface area contributed by atoms with E-state index in [1.165, 1.54) is 5.69 Å². The molecule has 0 spiro atoms. The molecule has 1 aliphatic rings. The lowest BCUT2D eigenvalue weighted by Crippen LogP contribution is -2.07. The van der Waals surface area contributed by atoms with E-state index in [1.807, 2.05) is 26.0 Å². The van der Waals surface area contributed by atoms with Gasteiger partial charge < -0.3 is 14.2 Å². The Morgan fingerprint density at radius 3 is 2.52 bits per heavy atom. The molecule has 4 rings (SSSR count). The summed E-state index contributed by atoms with van der Waals surface area (Å²) in [5.41, 5.74) is 6.50. The molecule has 126 valence electrons. The summed E-state index contributed by atoms with van der Waals surface area (Å²) in [6.45, 7) is 3.78. The summed E-state index contributed by atoms with van der Waals surface area (Å²) in [6, 6.07) is 9.54. The number of nitrogens with zero attached hydrogens (tertiary/aromatic N) is 3. The molecule has 0 fully saturated rings. The Balaban J connectivity index is 2.10. The molecule has 0 saturated carbocycles. The molecule has 0 bridgehead atoms. The highest BCUT2D eigenvalue weighted by Crippen LogP contribution is 2.40. The van der Waals surface area contributed by atoms with Crippen LogP contribution < -0.4 is 0 Å². The maximum Gasteiger partial charge on any atom is 0.143 e. The van der Waals surface area contributed by atoms with Crippen LogP contribution in [-0.4, -0.2) is 14.8 Å². The monoisotopic (exact) mass is 333 g/mol. The minimum Gasteiger partial charge on any atom is -0.508 e. The van der Waals surface area contributed by atoms with Crippen LogP contribution in [0.25, 0.3) is 16.9 Å². The van der Waals surface area contributed by atoms with Gasteiger partial charge >= 0.3 is 0 Å². The maximum atomic E-state index is 9.91. The largest absolute Gasteiger partial charge is 0.508 e. The summed E-state index contributed by atoms with van der Waals surface area (Å²) in [5.74, 6) is 0.938. The van der Waals surface area contributed by atoms with Crippen molar-refractivity contribution < 1.29 is 9.63 Å². The van der Waals surface area contributed by atoms with Crippen LogP contribution in [0.1, 0.15) is 41.1 Å². The van der Waals surface area contributed by atoms with E-state index >= 15 is 0 Å². The summed E-state index contributed by atoms with van der Waals surface area (Å²) < 4.78 is 7.53. The van der Waals surface area contributed by atoms with Crippen LogP contribution in [0.2, 0.25) is 0 Å². The SMILES string of the molecule is Cc1noc(C)c1-c1c(C#N)c2c(n1-c1ccc(O)cc1)CCCC2. The number of phenolic OH excluding ortho intramolecular Hbond substituents is 1. The van der Waals surface area contributed by atoms with Crippen LogP contribution in [0.15, 0.2) is 28.8 Å². The van der Waals surface area contributed by atoms with Gasteiger partial charge in [-0.15, -0.1) is 0 Å². The Bertz CT molecular complexity index is 968. The van der Waals surface area contributed by atoms with Crippen molar-refractivity contribution in [3.63, 3.8) is 0 Å². The number of nitriles is 1. The van der Waals surface area contributed by atoms with E-state index < -0.39 is 0 Å². The van der Waals surface area contributed by atoms with Crippen molar-refractivity contribution in [2.45, 2.75) is 39.5 Å². The lowest BCUT2D eigenvalue weighted by Gasteiger charge is -2.17. The van der Waals surface area contributed by atoms with Gasteiger partial charge in [0, 0.05) is 11.4 Å². The van der Waals surface area contributed by atoms with Crippen LogP contribution in [0.3, 0.4) is 0 Å². The zero-order chi connectivity index (χ0) is 17.6. The third-order valence-corrected chi connectivity index (χ3v) is 4.96. The molecule has 1 aromatic carbocycles. The van der Waals surface area contributed by atoms with Gasteiger partial charge in [-0.05, 0) is 69.4 Å². The number of rotatable bonds is 2. The first-order valence-electron chi connectivity index (χ1n) is 8.51. The van der Waals surface area contributed by atoms with E-state index in [2.05, 4.69) is 15.8 Å². The quantitative estimate of drug-likeness (QED) is 0.762. The molecule has 0 aliphatic heterocycles. The number of aryl methyl sites for hydroxylation is 2. The molecule has 0 saturated heterocycles. The molecular weight excluding hydrogens is 314 g/mol.